The van der Waals surface area contributed by atoms with Crippen molar-refractivity contribution in [3.05, 3.63) is 48.0 Å². The molecule has 28 heavy (non-hydrogen) atoms. The lowest BCUT2D eigenvalue weighted by atomic mass is 10.2. The van der Waals surface area contributed by atoms with E-state index < -0.39 is 18.0 Å². The molecule has 0 spiro atoms. The molecule has 0 bridgehead atoms. The van der Waals surface area contributed by atoms with Gasteiger partial charge in [0.05, 0.1) is 16.6 Å². The van der Waals surface area contributed by atoms with E-state index in [4.69, 9.17) is 14.2 Å². The summed E-state index contributed by atoms with van der Waals surface area (Å²) < 4.78 is 55.1. The maximum atomic E-state index is 12.9. The van der Waals surface area contributed by atoms with Gasteiger partial charge in [-0.2, -0.15) is 13.2 Å². The summed E-state index contributed by atoms with van der Waals surface area (Å²) in [4.78, 5) is 7.29. The number of alkyl halides is 3. The Morgan fingerprint density at radius 1 is 1.00 bits per heavy atom. The molecule has 0 atom stereocenters. The Kier molecular flexibility index (Phi) is 6.21. The van der Waals surface area contributed by atoms with Gasteiger partial charge >= 0.3 is 6.18 Å². The molecule has 5 nitrogen and oxygen atoms in total. The standard InChI is InChI=1S/C20H21F3N2O3/c1-3-26-18(27-4-2)12-28-15-8-5-13(6-9-15)19-24-16-10-7-14(20(21,22)23)11-17(16)25-19/h5-11,18H,3-4,12H2,1-2H3,(H,24,25). The first-order chi connectivity index (χ1) is 13.4. The van der Waals surface area contributed by atoms with Gasteiger partial charge in [-0.3, -0.25) is 0 Å². The molecule has 3 aromatic rings. The summed E-state index contributed by atoms with van der Waals surface area (Å²) in [6, 6.07) is 10.5. The highest BCUT2D eigenvalue weighted by atomic mass is 19.4. The summed E-state index contributed by atoms with van der Waals surface area (Å²) >= 11 is 0. The van der Waals surface area contributed by atoms with Gasteiger partial charge in [0.25, 0.3) is 0 Å². The maximum Gasteiger partial charge on any atom is 0.416 e. The van der Waals surface area contributed by atoms with Gasteiger partial charge in [0.15, 0.2) is 6.29 Å². The van der Waals surface area contributed by atoms with Gasteiger partial charge < -0.3 is 19.2 Å². The van der Waals surface area contributed by atoms with Gasteiger partial charge in [-0.25, -0.2) is 4.98 Å². The van der Waals surface area contributed by atoms with Crippen molar-refractivity contribution >= 4 is 11.0 Å². The number of imidazole rings is 1. The summed E-state index contributed by atoms with van der Waals surface area (Å²) in [7, 11) is 0. The number of rotatable bonds is 8. The summed E-state index contributed by atoms with van der Waals surface area (Å²) in [5.74, 6) is 1.12. The lowest BCUT2D eigenvalue weighted by Crippen LogP contribution is -2.25. The van der Waals surface area contributed by atoms with Crippen LogP contribution in [0.4, 0.5) is 13.2 Å². The molecule has 0 aliphatic rings. The third kappa shape index (κ3) is 4.82. The van der Waals surface area contributed by atoms with Gasteiger partial charge in [0.2, 0.25) is 0 Å². The highest BCUT2D eigenvalue weighted by Crippen LogP contribution is 2.32. The number of aromatic amines is 1. The SMILES string of the molecule is CCOC(COc1ccc(-c2nc3ccc(C(F)(F)F)cc3[nH]2)cc1)OCC. The summed E-state index contributed by atoms with van der Waals surface area (Å²) in [6.45, 7) is 5.06. The Morgan fingerprint density at radius 2 is 1.68 bits per heavy atom. The van der Waals surface area contributed by atoms with E-state index in [1.54, 1.807) is 24.3 Å². The predicted octanol–water partition coefficient (Wildman–Crippen LogP) is 5.03. The fourth-order valence-electron chi connectivity index (χ4n) is 2.71. The van der Waals surface area contributed by atoms with E-state index in [-0.39, 0.29) is 6.61 Å². The molecule has 0 fully saturated rings. The van der Waals surface area contributed by atoms with Crippen molar-refractivity contribution in [3.8, 4) is 17.1 Å². The van der Waals surface area contributed by atoms with Crippen molar-refractivity contribution in [1.82, 2.24) is 9.97 Å². The number of halogens is 3. The molecule has 150 valence electrons. The fraction of sp³-hybridized carbons (Fsp3) is 0.350. The number of ether oxygens (including phenoxy) is 3. The minimum Gasteiger partial charge on any atom is -0.488 e. The van der Waals surface area contributed by atoms with Gasteiger partial charge in [0.1, 0.15) is 18.2 Å². The van der Waals surface area contributed by atoms with Gasteiger partial charge in [-0.05, 0) is 56.3 Å². The number of H-pyrrole nitrogens is 1. The third-order valence-corrected chi connectivity index (χ3v) is 4.03. The number of hydrogen-bond acceptors (Lipinski definition) is 4. The molecule has 0 saturated carbocycles. The van der Waals surface area contributed by atoms with Crippen molar-refractivity contribution in [3.63, 3.8) is 0 Å². The third-order valence-electron chi connectivity index (χ3n) is 4.03. The first kappa shape index (κ1) is 20.2. The monoisotopic (exact) mass is 394 g/mol. The van der Waals surface area contributed by atoms with Crippen LogP contribution in [0.2, 0.25) is 0 Å². The van der Waals surface area contributed by atoms with E-state index in [9.17, 15) is 13.2 Å². The second kappa shape index (κ2) is 8.62. The molecule has 1 heterocycles. The number of fused-ring (bicyclic) bond motifs is 1. The number of nitrogens with zero attached hydrogens (tertiary/aromatic N) is 1. The number of aromatic nitrogens is 2. The second-order valence-electron chi connectivity index (χ2n) is 5.99. The minimum atomic E-state index is -4.39. The first-order valence-corrected chi connectivity index (χ1v) is 8.94. The van der Waals surface area contributed by atoms with Crippen LogP contribution in [-0.4, -0.2) is 36.1 Å². The van der Waals surface area contributed by atoms with E-state index in [2.05, 4.69) is 9.97 Å². The summed E-state index contributed by atoms with van der Waals surface area (Å²) in [5, 5.41) is 0. The predicted molar refractivity (Wildman–Crippen MR) is 99.1 cm³/mol. The first-order valence-electron chi connectivity index (χ1n) is 8.94. The van der Waals surface area contributed by atoms with Crippen LogP contribution in [0.1, 0.15) is 19.4 Å². The van der Waals surface area contributed by atoms with E-state index in [1.165, 1.54) is 6.07 Å². The summed E-state index contributed by atoms with van der Waals surface area (Å²) in [5.41, 5.74) is 0.835. The molecule has 0 unspecified atom stereocenters. The van der Waals surface area contributed by atoms with E-state index in [0.717, 1.165) is 17.7 Å². The van der Waals surface area contributed by atoms with Crippen LogP contribution in [0, 0.1) is 0 Å². The van der Waals surface area contributed by atoms with Gasteiger partial charge in [0, 0.05) is 18.8 Å². The quantitative estimate of drug-likeness (QED) is 0.545. The topological polar surface area (TPSA) is 56.4 Å². The molecule has 0 radical (unpaired) electrons. The van der Waals surface area contributed by atoms with Crippen LogP contribution in [0.25, 0.3) is 22.4 Å². The Bertz CT molecular complexity index is 901. The molecule has 1 N–H and O–H groups in total. The van der Waals surface area contributed by atoms with E-state index >= 15 is 0 Å². The average Bonchev–Trinajstić information content (AvgIpc) is 3.09. The van der Waals surface area contributed by atoms with Crippen molar-refractivity contribution in [2.45, 2.75) is 26.3 Å². The van der Waals surface area contributed by atoms with Crippen molar-refractivity contribution < 1.29 is 27.4 Å². The minimum absolute atomic E-state index is 0.256. The van der Waals surface area contributed by atoms with Crippen molar-refractivity contribution in [1.29, 1.82) is 0 Å². The smallest absolute Gasteiger partial charge is 0.416 e. The van der Waals surface area contributed by atoms with Crippen LogP contribution in [-0.2, 0) is 15.7 Å². The van der Waals surface area contributed by atoms with Gasteiger partial charge in [-0.15, -0.1) is 0 Å². The highest BCUT2D eigenvalue weighted by molar-refractivity contribution is 5.80. The molecule has 3 rings (SSSR count). The Balaban J connectivity index is 1.72. The zero-order valence-corrected chi connectivity index (χ0v) is 15.5. The van der Waals surface area contributed by atoms with Crippen molar-refractivity contribution in [2.24, 2.45) is 0 Å². The molecule has 0 aliphatic heterocycles. The summed E-state index contributed by atoms with van der Waals surface area (Å²) in [6.07, 6.45) is -4.83. The second-order valence-corrected chi connectivity index (χ2v) is 5.99. The van der Waals surface area contributed by atoms with Crippen LogP contribution < -0.4 is 4.74 Å². The van der Waals surface area contributed by atoms with E-state index in [1.807, 2.05) is 13.8 Å². The number of benzene rings is 2. The lowest BCUT2D eigenvalue weighted by molar-refractivity contribution is -0.152. The largest absolute Gasteiger partial charge is 0.488 e. The molecular formula is C20H21F3N2O3. The number of hydrogen-bond donors (Lipinski definition) is 1. The molecule has 1 aromatic heterocycles. The Hall–Kier alpha value is -2.58. The molecule has 0 amide bonds. The van der Waals surface area contributed by atoms with Gasteiger partial charge in [-0.1, -0.05) is 0 Å². The fourth-order valence-corrected chi connectivity index (χ4v) is 2.71. The van der Waals surface area contributed by atoms with E-state index in [0.29, 0.717) is 35.8 Å². The molecule has 0 aliphatic carbocycles. The zero-order valence-electron chi connectivity index (χ0n) is 15.5. The molecule has 8 heteroatoms. The van der Waals surface area contributed by atoms with Crippen LogP contribution in [0.5, 0.6) is 5.75 Å². The van der Waals surface area contributed by atoms with Crippen LogP contribution in [0.15, 0.2) is 42.5 Å². The van der Waals surface area contributed by atoms with Crippen molar-refractivity contribution in [2.75, 3.05) is 19.8 Å². The number of nitrogens with one attached hydrogen (secondary N) is 1. The normalized spacial score (nSPS) is 12.1. The van der Waals surface area contributed by atoms with Crippen LogP contribution >= 0.6 is 0 Å². The highest BCUT2D eigenvalue weighted by Gasteiger charge is 2.30. The lowest BCUT2D eigenvalue weighted by Gasteiger charge is -2.17. The molecular weight excluding hydrogens is 373 g/mol. The maximum absolute atomic E-state index is 12.9. The molecule has 2 aromatic carbocycles. The molecule has 0 saturated heterocycles. The Labute approximate surface area is 160 Å². The zero-order chi connectivity index (χ0) is 20.1. The Morgan fingerprint density at radius 3 is 2.29 bits per heavy atom. The van der Waals surface area contributed by atoms with Crippen LogP contribution in [0.3, 0.4) is 0 Å². The average molecular weight is 394 g/mol.